The van der Waals surface area contributed by atoms with Gasteiger partial charge in [-0.3, -0.25) is 0 Å². The molecule has 1 aromatic heterocycles. The zero-order chi connectivity index (χ0) is 12.5. The summed E-state index contributed by atoms with van der Waals surface area (Å²) in [6.45, 7) is 2.19. The Morgan fingerprint density at radius 2 is 2.22 bits per heavy atom. The summed E-state index contributed by atoms with van der Waals surface area (Å²) in [5.74, 6) is 0. The molecule has 0 amide bonds. The highest BCUT2D eigenvalue weighted by Crippen LogP contribution is 2.37. The minimum absolute atomic E-state index is 0.146. The van der Waals surface area contributed by atoms with Crippen molar-refractivity contribution in [1.29, 1.82) is 0 Å². The fraction of sp³-hybridized carbons (Fsp3) is 0.400. The first-order valence-corrected chi connectivity index (χ1v) is 7.44. The van der Waals surface area contributed by atoms with E-state index in [2.05, 4.69) is 31.2 Å². The molecule has 0 saturated heterocycles. The lowest BCUT2D eigenvalue weighted by Gasteiger charge is -2.15. The second-order valence-corrected chi connectivity index (χ2v) is 5.92. The molecular formula is C15H18N2S. The number of nitrogens with zero attached hydrogens (tertiary/aromatic N) is 1. The molecule has 18 heavy (non-hydrogen) atoms. The van der Waals surface area contributed by atoms with Crippen LogP contribution in [-0.2, 0) is 12.8 Å². The van der Waals surface area contributed by atoms with Crippen LogP contribution in [0.3, 0.4) is 0 Å². The van der Waals surface area contributed by atoms with Gasteiger partial charge in [-0.25, -0.2) is 4.98 Å². The van der Waals surface area contributed by atoms with Gasteiger partial charge in [0, 0.05) is 16.5 Å². The van der Waals surface area contributed by atoms with Crippen molar-refractivity contribution in [3.63, 3.8) is 0 Å². The number of thiazole rings is 1. The highest BCUT2D eigenvalue weighted by atomic mass is 32.1. The summed E-state index contributed by atoms with van der Waals surface area (Å²) in [6, 6.07) is 8.70. The Morgan fingerprint density at radius 1 is 1.39 bits per heavy atom. The fourth-order valence-corrected chi connectivity index (χ4v) is 3.84. The van der Waals surface area contributed by atoms with Gasteiger partial charge in [0.25, 0.3) is 0 Å². The lowest BCUT2D eigenvalue weighted by Crippen LogP contribution is -2.16. The first-order valence-electron chi connectivity index (χ1n) is 6.63. The highest BCUT2D eigenvalue weighted by Gasteiger charge is 2.22. The number of rotatable bonds is 2. The summed E-state index contributed by atoms with van der Waals surface area (Å²) >= 11 is 1.83. The van der Waals surface area contributed by atoms with E-state index in [0.717, 1.165) is 30.0 Å². The number of hydrogen-bond donors (Lipinski definition) is 1. The minimum atomic E-state index is 0.146. The Morgan fingerprint density at radius 3 is 3.00 bits per heavy atom. The predicted octanol–water partition coefficient (Wildman–Crippen LogP) is 3.71. The molecule has 3 heteroatoms. The topological polar surface area (TPSA) is 38.9 Å². The molecule has 0 aliphatic heterocycles. The van der Waals surface area contributed by atoms with E-state index in [1.54, 1.807) is 0 Å². The number of aromatic nitrogens is 1. The smallest absolute Gasteiger partial charge is 0.124 e. The van der Waals surface area contributed by atoms with E-state index in [1.807, 2.05) is 11.3 Å². The number of benzene rings is 1. The SMILES string of the molecule is CCc1ccccc1-c1nc2c(s1)CCCC2N. The molecule has 0 fully saturated rings. The van der Waals surface area contributed by atoms with Crippen LogP contribution in [0.2, 0.25) is 0 Å². The van der Waals surface area contributed by atoms with Crippen molar-refractivity contribution in [1.82, 2.24) is 4.98 Å². The minimum Gasteiger partial charge on any atom is -0.323 e. The Balaban J connectivity index is 2.07. The lowest BCUT2D eigenvalue weighted by molar-refractivity contribution is 0.564. The van der Waals surface area contributed by atoms with E-state index in [4.69, 9.17) is 10.7 Å². The van der Waals surface area contributed by atoms with Crippen LogP contribution in [0.1, 0.15) is 41.9 Å². The summed E-state index contributed by atoms with van der Waals surface area (Å²) in [5, 5.41) is 1.15. The molecule has 3 rings (SSSR count). The zero-order valence-corrected chi connectivity index (χ0v) is 11.5. The Bertz CT molecular complexity index is 559. The molecule has 0 saturated carbocycles. The van der Waals surface area contributed by atoms with Crippen molar-refractivity contribution in [2.75, 3.05) is 0 Å². The van der Waals surface area contributed by atoms with Gasteiger partial charge in [0.05, 0.1) is 5.69 Å². The van der Waals surface area contributed by atoms with E-state index < -0.39 is 0 Å². The van der Waals surface area contributed by atoms with Crippen molar-refractivity contribution in [2.24, 2.45) is 5.73 Å². The molecule has 2 N–H and O–H groups in total. The molecule has 1 heterocycles. The van der Waals surface area contributed by atoms with Gasteiger partial charge in [-0.1, -0.05) is 31.2 Å². The maximum atomic E-state index is 6.15. The van der Waals surface area contributed by atoms with Crippen LogP contribution >= 0.6 is 11.3 Å². The van der Waals surface area contributed by atoms with E-state index in [0.29, 0.717) is 0 Å². The molecule has 1 unspecified atom stereocenters. The maximum absolute atomic E-state index is 6.15. The maximum Gasteiger partial charge on any atom is 0.124 e. The van der Waals surface area contributed by atoms with Crippen molar-refractivity contribution in [3.8, 4) is 10.6 Å². The van der Waals surface area contributed by atoms with Crippen molar-refractivity contribution in [3.05, 3.63) is 40.4 Å². The van der Waals surface area contributed by atoms with E-state index in [1.165, 1.54) is 22.4 Å². The lowest BCUT2D eigenvalue weighted by atomic mass is 9.98. The van der Waals surface area contributed by atoms with Crippen LogP contribution in [0.4, 0.5) is 0 Å². The fourth-order valence-electron chi connectivity index (χ4n) is 2.60. The highest BCUT2D eigenvalue weighted by molar-refractivity contribution is 7.15. The number of nitrogens with two attached hydrogens (primary N) is 1. The zero-order valence-electron chi connectivity index (χ0n) is 10.6. The van der Waals surface area contributed by atoms with Crippen LogP contribution in [0.15, 0.2) is 24.3 Å². The molecule has 2 aromatic rings. The number of aryl methyl sites for hydroxylation is 2. The summed E-state index contributed by atoms with van der Waals surface area (Å²) in [7, 11) is 0. The summed E-state index contributed by atoms with van der Waals surface area (Å²) in [6.07, 6.45) is 4.47. The van der Waals surface area contributed by atoms with Gasteiger partial charge in [0.2, 0.25) is 0 Å². The standard InChI is InChI=1S/C15H18N2S/c1-2-10-6-3-4-7-11(10)15-17-14-12(16)8-5-9-13(14)18-15/h3-4,6-7,12H,2,5,8-9,16H2,1H3. The normalized spacial score (nSPS) is 18.7. The van der Waals surface area contributed by atoms with Crippen molar-refractivity contribution >= 4 is 11.3 Å². The van der Waals surface area contributed by atoms with Gasteiger partial charge in [-0.05, 0) is 31.2 Å². The molecule has 1 atom stereocenters. The monoisotopic (exact) mass is 258 g/mol. The van der Waals surface area contributed by atoms with Crippen molar-refractivity contribution in [2.45, 2.75) is 38.6 Å². The van der Waals surface area contributed by atoms with E-state index >= 15 is 0 Å². The van der Waals surface area contributed by atoms with Crippen LogP contribution in [0.25, 0.3) is 10.6 Å². The summed E-state index contributed by atoms with van der Waals surface area (Å²) < 4.78 is 0. The third kappa shape index (κ3) is 1.98. The predicted molar refractivity (Wildman–Crippen MR) is 76.8 cm³/mol. The van der Waals surface area contributed by atoms with Gasteiger partial charge in [0.1, 0.15) is 5.01 Å². The average Bonchev–Trinajstić information content (AvgIpc) is 2.84. The van der Waals surface area contributed by atoms with Gasteiger partial charge >= 0.3 is 0 Å². The second kappa shape index (κ2) is 4.82. The van der Waals surface area contributed by atoms with Crippen LogP contribution in [0.5, 0.6) is 0 Å². The van der Waals surface area contributed by atoms with E-state index in [9.17, 15) is 0 Å². The summed E-state index contributed by atoms with van der Waals surface area (Å²) in [4.78, 5) is 6.20. The molecule has 1 aromatic carbocycles. The van der Waals surface area contributed by atoms with E-state index in [-0.39, 0.29) is 6.04 Å². The first kappa shape index (κ1) is 11.9. The molecule has 2 nitrogen and oxygen atoms in total. The van der Waals surface area contributed by atoms with Gasteiger partial charge < -0.3 is 5.73 Å². The third-order valence-electron chi connectivity index (χ3n) is 3.63. The number of hydrogen-bond acceptors (Lipinski definition) is 3. The first-order chi connectivity index (χ1) is 8.79. The molecule has 0 radical (unpaired) electrons. The molecule has 1 aliphatic carbocycles. The van der Waals surface area contributed by atoms with Gasteiger partial charge in [-0.15, -0.1) is 11.3 Å². The Labute approximate surface area is 112 Å². The second-order valence-electron chi connectivity index (χ2n) is 4.84. The molecule has 94 valence electrons. The van der Waals surface area contributed by atoms with Crippen LogP contribution in [0, 0.1) is 0 Å². The van der Waals surface area contributed by atoms with Crippen LogP contribution in [-0.4, -0.2) is 4.98 Å². The Hall–Kier alpha value is -1.19. The van der Waals surface area contributed by atoms with Crippen molar-refractivity contribution < 1.29 is 0 Å². The van der Waals surface area contributed by atoms with Gasteiger partial charge in [-0.2, -0.15) is 0 Å². The molecule has 0 bridgehead atoms. The molecule has 0 spiro atoms. The average molecular weight is 258 g/mol. The molecular weight excluding hydrogens is 240 g/mol. The van der Waals surface area contributed by atoms with Crippen LogP contribution < -0.4 is 5.73 Å². The number of fused-ring (bicyclic) bond motifs is 1. The largest absolute Gasteiger partial charge is 0.323 e. The Kier molecular flexibility index (Phi) is 3.18. The van der Waals surface area contributed by atoms with Gasteiger partial charge in [0.15, 0.2) is 0 Å². The summed E-state index contributed by atoms with van der Waals surface area (Å²) in [5.41, 5.74) is 9.95. The third-order valence-corrected chi connectivity index (χ3v) is 4.79. The molecule has 1 aliphatic rings. The quantitative estimate of drug-likeness (QED) is 0.892.